The highest BCUT2D eigenvalue weighted by molar-refractivity contribution is 7.15. The van der Waals surface area contributed by atoms with Crippen LogP contribution in [0.3, 0.4) is 0 Å². The molecule has 2 amide bonds. The van der Waals surface area contributed by atoms with Crippen LogP contribution in [-0.4, -0.2) is 49.6 Å². The van der Waals surface area contributed by atoms with Gasteiger partial charge in [0.2, 0.25) is 0 Å². The van der Waals surface area contributed by atoms with E-state index >= 15 is 0 Å². The SMILES string of the molecule is O=C(NC1CN(C(=O)c2cnn3ccsc23)CCc2ccccc21)c1cccc2[nH]ncc12. The van der Waals surface area contributed by atoms with Crippen LogP contribution in [0.15, 0.2) is 66.4 Å². The zero-order chi connectivity index (χ0) is 22.4. The van der Waals surface area contributed by atoms with Gasteiger partial charge in [0.05, 0.1) is 35.1 Å². The van der Waals surface area contributed by atoms with Gasteiger partial charge < -0.3 is 10.2 Å². The summed E-state index contributed by atoms with van der Waals surface area (Å²) < 4.78 is 1.72. The van der Waals surface area contributed by atoms with Crippen LogP contribution in [0.25, 0.3) is 15.7 Å². The first kappa shape index (κ1) is 19.7. The largest absolute Gasteiger partial charge is 0.343 e. The second-order valence-electron chi connectivity index (χ2n) is 8.07. The van der Waals surface area contributed by atoms with E-state index in [1.165, 1.54) is 11.3 Å². The Morgan fingerprint density at radius 2 is 2.00 bits per heavy atom. The molecule has 33 heavy (non-hydrogen) atoms. The maximum absolute atomic E-state index is 13.5. The number of thiazole rings is 1. The molecule has 0 saturated carbocycles. The molecule has 6 rings (SSSR count). The third-order valence-electron chi connectivity index (χ3n) is 6.17. The van der Waals surface area contributed by atoms with Gasteiger partial charge in [-0.25, -0.2) is 4.52 Å². The highest BCUT2D eigenvalue weighted by Crippen LogP contribution is 2.27. The Balaban J connectivity index is 1.33. The van der Waals surface area contributed by atoms with Crippen molar-refractivity contribution in [2.75, 3.05) is 13.1 Å². The van der Waals surface area contributed by atoms with Gasteiger partial charge in [-0.1, -0.05) is 30.3 Å². The summed E-state index contributed by atoms with van der Waals surface area (Å²) in [5, 5.41) is 17.1. The van der Waals surface area contributed by atoms with Crippen molar-refractivity contribution in [2.45, 2.75) is 12.5 Å². The molecule has 3 aromatic heterocycles. The standard InChI is InChI=1S/C24H20N6O2S/c31-22(17-6-3-7-20-18(17)12-25-28-20)27-21-14-29(9-8-15-4-1-2-5-16(15)21)23(32)19-13-26-30-10-11-33-24(19)30/h1-7,10-13,21H,8-9,14H2,(H,25,28)(H,27,31). The Hall–Kier alpha value is -3.98. The van der Waals surface area contributed by atoms with Gasteiger partial charge in [0.15, 0.2) is 0 Å². The molecule has 1 aliphatic heterocycles. The van der Waals surface area contributed by atoms with Gasteiger partial charge in [-0.05, 0) is 29.7 Å². The van der Waals surface area contributed by atoms with Crippen molar-refractivity contribution in [3.8, 4) is 0 Å². The molecule has 2 aromatic carbocycles. The molecule has 2 N–H and O–H groups in total. The fourth-order valence-corrected chi connectivity index (χ4v) is 5.31. The van der Waals surface area contributed by atoms with Crippen LogP contribution < -0.4 is 5.32 Å². The predicted octanol–water partition coefficient (Wildman–Crippen LogP) is 3.44. The molecular formula is C24H20N6O2S. The first-order valence-electron chi connectivity index (χ1n) is 10.7. The molecular weight excluding hydrogens is 436 g/mol. The average molecular weight is 457 g/mol. The Morgan fingerprint density at radius 1 is 1.09 bits per heavy atom. The summed E-state index contributed by atoms with van der Waals surface area (Å²) in [7, 11) is 0. The smallest absolute Gasteiger partial charge is 0.258 e. The number of rotatable bonds is 3. The number of carbonyl (C=O) groups excluding carboxylic acids is 2. The molecule has 0 bridgehead atoms. The molecule has 1 aliphatic rings. The van der Waals surface area contributed by atoms with Crippen molar-refractivity contribution in [1.29, 1.82) is 0 Å². The molecule has 0 radical (unpaired) electrons. The third-order valence-corrected chi connectivity index (χ3v) is 7.06. The second kappa shape index (κ2) is 7.86. The van der Waals surface area contributed by atoms with Gasteiger partial charge in [0.25, 0.3) is 11.8 Å². The number of benzene rings is 2. The lowest BCUT2D eigenvalue weighted by Crippen LogP contribution is -2.40. The van der Waals surface area contributed by atoms with Gasteiger partial charge in [0.1, 0.15) is 4.83 Å². The van der Waals surface area contributed by atoms with Crippen LogP contribution in [0.1, 0.15) is 37.9 Å². The van der Waals surface area contributed by atoms with E-state index in [0.29, 0.717) is 24.2 Å². The number of hydrogen-bond acceptors (Lipinski definition) is 5. The highest BCUT2D eigenvalue weighted by atomic mass is 32.1. The quantitative estimate of drug-likeness (QED) is 0.435. The predicted molar refractivity (Wildman–Crippen MR) is 125 cm³/mol. The number of aromatic amines is 1. The minimum atomic E-state index is -0.336. The number of carbonyl (C=O) groups is 2. The van der Waals surface area contributed by atoms with E-state index in [1.54, 1.807) is 23.0 Å². The zero-order valence-electron chi connectivity index (χ0n) is 17.6. The highest BCUT2D eigenvalue weighted by Gasteiger charge is 2.29. The van der Waals surface area contributed by atoms with Crippen LogP contribution >= 0.6 is 11.3 Å². The third kappa shape index (κ3) is 3.37. The number of aromatic nitrogens is 4. The van der Waals surface area contributed by atoms with Crippen LogP contribution in [0, 0.1) is 0 Å². The zero-order valence-corrected chi connectivity index (χ0v) is 18.4. The average Bonchev–Trinajstić information content (AvgIpc) is 3.55. The van der Waals surface area contributed by atoms with Crippen LogP contribution in [0.4, 0.5) is 0 Å². The maximum Gasteiger partial charge on any atom is 0.258 e. The van der Waals surface area contributed by atoms with E-state index in [0.717, 1.165) is 33.3 Å². The molecule has 9 heteroatoms. The van der Waals surface area contributed by atoms with Crippen molar-refractivity contribution < 1.29 is 9.59 Å². The van der Waals surface area contributed by atoms with E-state index in [2.05, 4.69) is 26.7 Å². The van der Waals surface area contributed by atoms with Crippen LogP contribution in [0.2, 0.25) is 0 Å². The van der Waals surface area contributed by atoms with Crippen molar-refractivity contribution >= 4 is 38.9 Å². The van der Waals surface area contributed by atoms with Crippen molar-refractivity contribution in [3.05, 3.63) is 88.7 Å². The van der Waals surface area contributed by atoms with E-state index in [1.807, 2.05) is 46.8 Å². The van der Waals surface area contributed by atoms with Crippen LogP contribution in [0.5, 0.6) is 0 Å². The van der Waals surface area contributed by atoms with E-state index in [9.17, 15) is 9.59 Å². The lowest BCUT2D eigenvalue weighted by atomic mass is 9.99. The number of hydrogen-bond donors (Lipinski definition) is 2. The molecule has 0 spiro atoms. The Kier molecular flexibility index (Phi) is 4.69. The molecule has 0 aliphatic carbocycles. The molecule has 0 saturated heterocycles. The topological polar surface area (TPSA) is 95.4 Å². The van der Waals surface area contributed by atoms with Gasteiger partial charge in [-0.3, -0.25) is 14.7 Å². The number of nitrogens with zero attached hydrogens (tertiary/aromatic N) is 4. The number of H-pyrrole nitrogens is 1. The summed E-state index contributed by atoms with van der Waals surface area (Å²) in [5.74, 6) is -0.265. The second-order valence-corrected chi connectivity index (χ2v) is 8.97. The number of nitrogens with one attached hydrogen (secondary N) is 2. The number of amides is 2. The molecule has 1 atom stereocenters. The first-order valence-corrected chi connectivity index (χ1v) is 11.6. The van der Waals surface area contributed by atoms with Crippen LogP contribution in [-0.2, 0) is 6.42 Å². The van der Waals surface area contributed by atoms with Gasteiger partial charge in [-0.15, -0.1) is 11.3 Å². The molecule has 5 aromatic rings. The molecule has 4 heterocycles. The van der Waals surface area contributed by atoms with E-state index in [-0.39, 0.29) is 17.9 Å². The lowest BCUT2D eigenvalue weighted by molar-refractivity contribution is 0.0734. The molecule has 0 fully saturated rings. The van der Waals surface area contributed by atoms with Crippen molar-refractivity contribution in [3.63, 3.8) is 0 Å². The molecule has 1 unspecified atom stereocenters. The summed E-state index contributed by atoms with van der Waals surface area (Å²) in [6, 6.07) is 13.2. The van der Waals surface area contributed by atoms with Crippen molar-refractivity contribution in [2.24, 2.45) is 0 Å². The monoisotopic (exact) mass is 456 g/mol. The summed E-state index contributed by atoms with van der Waals surface area (Å²) in [4.78, 5) is 29.4. The molecule has 8 nitrogen and oxygen atoms in total. The van der Waals surface area contributed by atoms with E-state index in [4.69, 9.17) is 0 Å². The minimum Gasteiger partial charge on any atom is -0.343 e. The normalized spacial score (nSPS) is 16.0. The fraction of sp³-hybridized carbons (Fsp3) is 0.167. The minimum absolute atomic E-state index is 0.0727. The van der Waals surface area contributed by atoms with E-state index < -0.39 is 0 Å². The number of fused-ring (bicyclic) bond motifs is 3. The maximum atomic E-state index is 13.5. The Bertz CT molecular complexity index is 1500. The van der Waals surface area contributed by atoms with Crippen molar-refractivity contribution in [1.82, 2.24) is 30.0 Å². The Labute approximate surface area is 192 Å². The summed E-state index contributed by atoms with van der Waals surface area (Å²) in [5.41, 5.74) is 4.12. The van der Waals surface area contributed by atoms with Gasteiger partial charge >= 0.3 is 0 Å². The van der Waals surface area contributed by atoms with Gasteiger partial charge in [0, 0.05) is 30.1 Å². The summed E-state index contributed by atoms with van der Waals surface area (Å²) >= 11 is 1.49. The molecule has 164 valence electrons. The Morgan fingerprint density at radius 3 is 2.94 bits per heavy atom. The fourth-order valence-electron chi connectivity index (χ4n) is 4.52. The summed E-state index contributed by atoms with van der Waals surface area (Å²) in [6.45, 7) is 0.952. The van der Waals surface area contributed by atoms with Gasteiger partial charge in [-0.2, -0.15) is 10.2 Å². The summed E-state index contributed by atoms with van der Waals surface area (Å²) in [6.07, 6.45) is 5.85. The lowest BCUT2D eigenvalue weighted by Gasteiger charge is -2.26. The first-order chi connectivity index (χ1) is 16.2.